The monoisotopic (exact) mass is 516 g/mol. The van der Waals surface area contributed by atoms with Crippen molar-refractivity contribution in [2.45, 2.75) is 27.7 Å². The van der Waals surface area contributed by atoms with Crippen LogP contribution in [0.15, 0.2) is 46.8 Å². The summed E-state index contributed by atoms with van der Waals surface area (Å²) >= 11 is -4.26. The van der Waals surface area contributed by atoms with Crippen molar-refractivity contribution in [3.05, 3.63) is 70.2 Å². The van der Waals surface area contributed by atoms with Crippen molar-refractivity contribution < 1.29 is 7.53 Å². The first-order chi connectivity index (χ1) is 14.7. The Kier molecular flexibility index (Phi) is 6.05. The van der Waals surface area contributed by atoms with Gasteiger partial charge in [-0.1, -0.05) is 0 Å². The van der Waals surface area contributed by atoms with Crippen LogP contribution in [-0.2, 0) is 0 Å². The second-order valence-corrected chi connectivity index (χ2v) is 16.4. The Morgan fingerprint density at radius 2 is 1.32 bits per heavy atom. The molecule has 0 saturated carbocycles. The summed E-state index contributed by atoms with van der Waals surface area (Å²) in [5.41, 5.74) is 5.87. The summed E-state index contributed by atoms with van der Waals surface area (Å²) in [4.78, 5) is 17.5. The molecule has 6 nitrogen and oxygen atoms in total. The number of rotatable bonds is 0. The summed E-state index contributed by atoms with van der Waals surface area (Å²) < 4.78 is 12.3. The van der Waals surface area contributed by atoms with Crippen LogP contribution < -0.4 is 7.53 Å². The third-order valence-electron chi connectivity index (χ3n) is 4.68. The average Bonchev–Trinajstić information content (AvgIpc) is 2.70. The summed E-state index contributed by atoms with van der Waals surface area (Å²) in [5, 5.41) is 0. The molecule has 0 radical (unpaired) electrons. The number of hydrogen-bond acceptors (Lipinski definition) is 6. The normalized spacial score (nSPS) is 14.6. The summed E-state index contributed by atoms with van der Waals surface area (Å²) in [6, 6.07) is 7.90. The van der Waals surface area contributed by atoms with Crippen LogP contribution in [0.25, 0.3) is 0 Å². The number of aryl methyl sites for hydroxylation is 4. The molecule has 0 fully saturated rings. The zero-order valence-electron chi connectivity index (χ0n) is 17.5. The fraction of sp³-hybridized carbons (Fsp3) is 0.182. The van der Waals surface area contributed by atoms with Crippen LogP contribution in [0.4, 0.5) is 11.5 Å². The molecule has 0 bridgehead atoms. The van der Waals surface area contributed by atoms with Gasteiger partial charge >= 0.3 is 193 Å². The first-order valence-electron chi connectivity index (χ1n) is 9.58. The predicted octanol–water partition coefficient (Wildman–Crippen LogP) is 5.90. The third-order valence-corrected chi connectivity index (χ3v) is 8.14. The fourth-order valence-electron chi connectivity index (χ4n) is 3.48. The third kappa shape index (κ3) is 4.92. The van der Waals surface area contributed by atoms with Gasteiger partial charge in [0.1, 0.15) is 0 Å². The molecule has 0 aliphatic carbocycles. The van der Waals surface area contributed by atoms with E-state index < -0.39 is 12.1 Å². The van der Waals surface area contributed by atoms with Crippen molar-refractivity contribution in [1.82, 2.24) is 9.97 Å². The molecule has 9 heteroatoms. The Bertz CT molecular complexity index is 1140. The summed E-state index contributed by atoms with van der Waals surface area (Å²) in [5.74, 6) is 1.53. The molecule has 2 aromatic carbocycles. The van der Waals surface area contributed by atoms with E-state index in [2.05, 4.69) is 20.0 Å². The van der Waals surface area contributed by atoms with Gasteiger partial charge in [0, 0.05) is 0 Å². The number of nitrogens with zero attached hydrogens (tertiary/aromatic N) is 4. The molecule has 0 spiro atoms. The van der Waals surface area contributed by atoms with Crippen molar-refractivity contribution in [3.8, 4) is 11.5 Å². The summed E-state index contributed by atoms with van der Waals surface area (Å²) in [7, 11) is 13.3. The van der Waals surface area contributed by atoms with Crippen LogP contribution >= 0.6 is 20.0 Å². The molecule has 1 aliphatic heterocycles. The Hall–Kier alpha value is -2.42. The van der Waals surface area contributed by atoms with E-state index in [1.807, 2.05) is 52.0 Å². The maximum atomic E-state index is 6.67. The van der Waals surface area contributed by atoms with Crippen molar-refractivity contribution in [2.24, 2.45) is 9.98 Å². The van der Waals surface area contributed by atoms with E-state index in [9.17, 15) is 0 Å². The van der Waals surface area contributed by atoms with Gasteiger partial charge in [-0.2, -0.15) is 0 Å². The van der Waals surface area contributed by atoms with Gasteiger partial charge in [-0.15, -0.1) is 0 Å². The first kappa shape index (κ1) is 21.8. The molecule has 0 saturated heterocycles. The summed E-state index contributed by atoms with van der Waals surface area (Å²) in [6.45, 7) is 7.87. The summed E-state index contributed by atoms with van der Waals surface area (Å²) in [6.07, 6.45) is 6.40. The number of aliphatic imine (C=N–C) groups is 2. The molecule has 31 heavy (non-hydrogen) atoms. The topological polar surface area (TPSA) is 69.0 Å². The van der Waals surface area contributed by atoms with Gasteiger partial charge in [0.2, 0.25) is 0 Å². The van der Waals surface area contributed by atoms with Crippen LogP contribution in [0.3, 0.4) is 0 Å². The van der Waals surface area contributed by atoms with Crippen LogP contribution in [-0.4, -0.2) is 34.5 Å². The van der Waals surface area contributed by atoms with Crippen LogP contribution in [0.5, 0.6) is 11.5 Å². The van der Waals surface area contributed by atoms with Crippen LogP contribution in [0.2, 0.25) is 0 Å². The molecule has 0 atom stereocenters. The molecule has 3 aromatic rings. The molecule has 1 aliphatic rings. The predicted molar refractivity (Wildman–Crippen MR) is 127 cm³/mol. The molecule has 0 amide bonds. The van der Waals surface area contributed by atoms with Crippen molar-refractivity contribution in [1.29, 1.82) is 0 Å². The Morgan fingerprint density at radius 1 is 0.774 bits per heavy atom. The molecule has 4 rings (SSSR count). The van der Waals surface area contributed by atoms with Crippen molar-refractivity contribution in [3.63, 3.8) is 0 Å². The second-order valence-electron chi connectivity index (χ2n) is 7.42. The van der Waals surface area contributed by atoms with E-state index in [0.29, 0.717) is 23.0 Å². The standard InChI is InChI=1S/C22H20Cl2GeN4O2/c1-13-5-15(3)20-17(7-13)9-27-19-11-26-12-29-22(19)28-10-18-8-14(2)6-16(4)21(18)31-25(23,24)30-20/h5-12H,1-4H3. The zero-order valence-corrected chi connectivity index (χ0v) is 21.1. The molecular formula is C22H20Cl2GeN4O2. The molecule has 0 N–H and O–H groups in total. The van der Waals surface area contributed by atoms with Crippen molar-refractivity contribution >= 4 is 56.0 Å². The van der Waals surface area contributed by atoms with E-state index in [0.717, 1.165) is 33.4 Å². The minimum absolute atomic E-state index is 0.437. The minimum atomic E-state index is -4.26. The van der Waals surface area contributed by atoms with E-state index in [4.69, 9.17) is 27.5 Å². The second kappa shape index (κ2) is 8.61. The number of halogens is 2. The molecular weight excluding hydrogens is 496 g/mol. The molecule has 2 heterocycles. The van der Waals surface area contributed by atoms with Gasteiger partial charge in [-0.05, 0) is 0 Å². The van der Waals surface area contributed by atoms with Crippen LogP contribution in [0.1, 0.15) is 33.4 Å². The van der Waals surface area contributed by atoms with Gasteiger partial charge in [0.15, 0.2) is 0 Å². The fourth-order valence-corrected chi connectivity index (χ4v) is 7.34. The van der Waals surface area contributed by atoms with Crippen molar-refractivity contribution in [2.75, 3.05) is 0 Å². The van der Waals surface area contributed by atoms with E-state index in [1.54, 1.807) is 18.6 Å². The van der Waals surface area contributed by atoms with Crippen LogP contribution in [0, 0.1) is 27.7 Å². The zero-order chi connectivity index (χ0) is 22.2. The number of hydrogen-bond donors (Lipinski definition) is 0. The van der Waals surface area contributed by atoms with E-state index in [1.165, 1.54) is 6.33 Å². The van der Waals surface area contributed by atoms with Gasteiger partial charge < -0.3 is 0 Å². The van der Waals surface area contributed by atoms with Gasteiger partial charge in [0.05, 0.1) is 0 Å². The quantitative estimate of drug-likeness (QED) is 0.350. The van der Waals surface area contributed by atoms with Gasteiger partial charge in [0.25, 0.3) is 0 Å². The Morgan fingerprint density at radius 3 is 1.90 bits per heavy atom. The Labute approximate surface area is 192 Å². The van der Waals surface area contributed by atoms with Gasteiger partial charge in [-0.25, -0.2) is 0 Å². The number of benzene rings is 2. The van der Waals surface area contributed by atoms with E-state index >= 15 is 0 Å². The van der Waals surface area contributed by atoms with Gasteiger partial charge in [-0.3, -0.25) is 0 Å². The van der Waals surface area contributed by atoms with E-state index in [-0.39, 0.29) is 0 Å². The molecule has 1 aromatic heterocycles. The average molecular weight is 516 g/mol. The molecule has 0 unspecified atom stereocenters. The first-order valence-corrected chi connectivity index (χ1v) is 16.8. The molecule has 158 valence electrons. The number of aromatic nitrogens is 2. The number of fused-ring (bicyclic) bond motifs is 3. The SMILES string of the molecule is Cc1cc(C)c2c(c1)C=Nc1cncnc1N=Cc1cc(C)cc(C)c1[O][Ge]([Cl])([Cl])[O]2. The maximum absolute atomic E-state index is 6.67. The Balaban J connectivity index is 1.96.